The molecule has 2 unspecified atom stereocenters. The zero-order chi connectivity index (χ0) is 11.0. The van der Waals surface area contributed by atoms with Crippen LogP contribution >= 0.6 is 15.9 Å². The molecule has 2 atom stereocenters. The minimum atomic E-state index is 0.230. The smallest absolute Gasteiger partial charge is 0.185 e. The van der Waals surface area contributed by atoms with Crippen molar-refractivity contribution in [1.82, 2.24) is 9.78 Å². The molecular formula is C11H15BrN2O. The molecule has 4 heteroatoms. The highest BCUT2D eigenvalue weighted by molar-refractivity contribution is 9.10. The zero-order valence-corrected chi connectivity index (χ0v) is 10.6. The summed E-state index contributed by atoms with van der Waals surface area (Å²) in [7, 11) is 0. The Morgan fingerprint density at radius 3 is 2.93 bits per heavy atom. The van der Waals surface area contributed by atoms with Gasteiger partial charge in [-0.15, -0.1) is 0 Å². The molecular weight excluding hydrogens is 256 g/mol. The molecule has 0 aliphatic heterocycles. The topological polar surface area (TPSA) is 34.9 Å². The van der Waals surface area contributed by atoms with Gasteiger partial charge in [0, 0.05) is 12.5 Å². The number of rotatable bonds is 4. The molecule has 0 aromatic carbocycles. The molecule has 1 aromatic heterocycles. The number of hydrogen-bond donors (Lipinski definition) is 0. The Labute approximate surface area is 98.0 Å². The van der Waals surface area contributed by atoms with Crippen LogP contribution in [0.2, 0.25) is 0 Å². The molecule has 0 amide bonds. The summed E-state index contributed by atoms with van der Waals surface area (Å²) in [6.07, 6.45) is 3.74. The van der Waals surface area contributed by atoms with Crippen molar-refractivity contribution in [3.8, 4) is 0 Å². The van der Waals surface area contributed by atoms with Crippen LogP contribution in [0.3, 0.4) is 0 Å². The van der Waals surface area contributed by atoms with E-state index < -0.39 is 0 Å². The normalized spacial score (nSPS) is 24.2. The number of Topliss-reactive ketones (excluding diaryl/α,β-unsaturated/α-hetero) is 1. The molecule has 15 heavy (non-hydrogen) atoms. The first-order chi connectivity index (χ1) is 7.15. The largest absolute Gasteiger partial charge is 0.292 e. The fourth-order valence-corrected chi connectivity index (χ4v) is 2.34. The van der Waals surface area contributed by atoms with Crippen LogP contribution in [0.15, 0.2) is 10.7 Å². The van der Waals surface area contributed by atoms with E-state index in [2.05, 4.69) is 34.9 Å². The first kappa shape index (κ1) is 10.9. The molecule has 0 bridgehead atoms. The van der Waals surface area contributed by atoms with Crippen molar-refractivity contribution in [2.75, 3.05) is 0 Å². The summed E-state index contributed by atoms with van der Waals surface area (Å²) in [6.45, 7) is 5.02. The van der Waals surface area contributed by atoms with Gasteiger partial charge in [-0.05, 0) is 34.7 Å². The summed E-state index contributed by atoms with van der Waals surface area (Å²) >= 11 is 3.40. The summed E-state index contributed by atoms with van der Waals surface area (Å²) in [5.74, 6) is 1.03. The van der Waals surface area contributed by atoms with E-state index in [-0.39, 0.29) is 11.7 Å². The highest BCUT2D eigenvalue weighted by atomic mass is 79.9. The maximum absolute atomic E-state index is 12.1. The van der Waals surface area contributed by atoms with Gasteiger partial charge in [0.15, 0.2) is 5.78 Å². The summed E-state index contributed by atoms with van der Waals surface area (Å²) < 4.78 is 2.65. The maximum atomic E-state index is 12.1. The molecule has 1 saturated carbocycles. The molecule has 1 fully saturated rings. The first-order valence-electron chi connectivity index (χ1n) is 5.40. The van der Waals surface area contributed by atoms with Crippen LogP contribution < -0.4 is 0 Å². The van der Waals surface area contributed by atoms with Crippen LogP contribution in [0.1, 0.15) is 37.2 Å². The second-order valence-corrected chi connectivity index (χ2v) is 5.10. The third-order valence-electron chi connectivity index (χ3n) is 2.91. The average Bonchev–Trinajstić information content (AvgIpc) is 2.81. The lowest BCUT2D eigenvalue weighted by Crippen LogP contribution is -2.13. The molecule has 3 nitrogen and oxygen atoms in total. The predicted octanol–water partition coefficient (Wildman–Crippen LogP) is 2.89. The minimum Gasteiger partial charge on any atom is -0.292 e. The van der Waals surface area contributed by atoms with Crippen molar-refractivity contribution in [2.24, 2.45) is 11.8 Å². The molecule has 0 spiro atoms. The molecule has 1 aromatic rings. The number of aromatic nitrogens is 2. The fourth-order valence-electron chi connectivity index (χ4n) is 1.85. The number of halogens is 1. The van der Waals surface area contributed by atoms with Crippen LogP contribution in [-0.2, 0) is 6.54 Å². The van der Waals surface area contributed by atoms with E-state index in [9.17, 15) is 4.79 Å². The van der Waals surface area contributed by atoms with Crippen molar-refractivity contribution >= 4 is 21.7 Å². The van der Waals surface area contributed by atoms with Crippen molar-refractivity contribution in [3.63, 3.8) is 0 Å². The van der Waals surface area contributed by atoms with E-state index in [0.717, 1.165) is 29.6 Å². The standard InChI is InChI=1S/C11H15BrN2O/c1-3-4-14-10(9(12)6-13-14)11(15)8-5-7(8)2/h6-8H,3-5H2,1-2H3. The highest BCUT2D eigenvalue weighted by Gasteiger charge is 2.41. The lowest BCUT2D eigenvalue weighted by atomic mass is 10.1. The van der Waals surface area contributed by atoms with Crippen molar-refractivity contribution in [3.05, 3.63) is 16.4 Å². The van der Waals surface area contributed by atoms with Gasteiger partial charge in [-0.3, -0.25) is 9.48 Å². The van der Waals surface area contributed by atoms with Gasteiger partial charge in [-0.25, -0.2) is 0 Å². The van der Waals surface area contributed by atoms with Gasteiger partial charge in [0.25, 0.3) is 0 Å². The third-order valence-corrected chi connectivity index (χ3v) is 3.49. The van der Waals surface area contributed by atoms with E-state index in [1.807, 2.05) is 4.68 Å². The second kappa shape index (κ2) is 4.08. The Morgan fingerprint density at radius 1 is 1.73 bits per heavy atom. The van der Waals surface area contributed by atoms with E-state index in [0.29, 0.717) is 5.92 Å². The Kier molecular flexibility index (Phi) is 2.96. The summed E-state index contributed by atoms with van der Waals surface area (Å²) in [4.78, 5) is 12.1. The Morgan fingerprint density at radius 2 is 2.40 bits per heavy atom. The number of carbonyl (C=O) groups excluding carboxylic acids is 1. The molecule has 1 heterocycles. The highest BCUT2D eigenvalue weighted by Crippen LogP contribution is 2.41. The van der Waals surface area contributed by atoms with Gasteiger partial charge < -0.3 is 0 Å². The molecule has 0 saturated heterocycles. The van der Waals surface area contributed by atoms with Gasteiger partial charge in [-0.1, -0.05) is 13.8 Å². The quantitative estimate of drug-likeness (QED) is 0.789. The fraction of sp³-hybridized carbons (Fsp3) is 0.636. The van der Waals surface area contributed by atoms with E-state index >= 15 is 0 Å². The van der Waals surface area contributed by atoms with E-state index in [1.54, 1.807) is 6.20 Å². The summed E-state index contributed by atoms with van der Waals surface area (Å²) in [5, 5.41) is 4.21. The van der Waals surface area contributed by atoms with Gasteiger partial charge in [0.05, 0.1) is 10.7 Å². The number of hydrogen-bond acceptors (Lipinski definition) is 2. The first-order valence-corrected chi connectivity index (χ1v) is 6.20. The maximum Gasteiger partial charge on any atom is 0.185 e. The van der Waals surface area contributed by atoms with Crippen LogP contribution in [0.5, 0.6) is 0 Å². The summed E-state index contributed by atoms with van der Waals surface area (Å²) in [5.41, 5.74) is 0.756. The van der Waals surface area contributed by atoms with Crippen molar-refractivity contribution in [2.45, 2.75) is 33.2 Å². The Bertz CT molecular complexity index is 386. The van der Waals surface area contributed by atoms with E-state index in [4.69, 9.17) is 0 Å². The zero-order valence-electron chi connectivity index (χ0n) is 9.03. The SMILES string of the molecule is CCCn1ncc(Br)c1C(=O)C1CC1C. The molecule has 0 N–H and O–H groups in total. The Balaban J connectivity index is 2.25. The number of nitrogens with zero attached hydrogens (tertiary/aromatic N) is 2. The van der Waals surface area contributed by atoms with Crippen LogP contribution in [0.25, 0.3) is 0 Å². The lowest BCUT2D eigenvalue weighted by Gasteiger charge is -2.05. The van der Waals surface area contributed by atoms with Gasteiger partial charge >= 0.3 is 0 Å². The molecule has 2 rings (SSSR count). The van der Waals surface area contributed by atoms with Gasteiger partial charge in [0.1, 0.15) is 5.69 Å². The molecule has 0 radical (unpaired) electrons. The second-order valence-electron chi connectivity index (χ2n) is 4.25. The monoisotopic (exact) mass is 270 g/mol. The van der Waals surface area contributed by atoms with Crippen LogP contribution in [0.4, 0.5) is 0 Å². The van der Waals surface area contributed by atoms with Crippen molar-refractivity contribution < 1.29 is 4.79 Å². The number of aryl methyl sites for hydroxylation is 1. The number of ketones is 1. The van der Waals surface area contributed by atoms with Gasteiger partial charge in [0.2, 0.25) is 0 Å². The minimum absolute atomic E-state index is 0.230. The van der Waals surface area contributed by atoms with Crippen LogP contribution in [-0.4, -0.2) is 15.6 Å². The van der Waals surface area contributed by atoms with Crippen LogP contribution in [0, 0.1) is 11.8 Å². The lowest BCUT2D eigenvalue weighted by molar-refractivity contribution is 0.0950. The average molecular weight is 271 g/mol. The number of carbonyl (C=O) groups is 1. The molecule has 82 valence electrons. The van der Waals surface area contributed by atoms with Gasteiger partial charge in [-0.2, -0.15) is 5.10 Å². The summed E-state index contributed by atoms with van der Waals surface area (Å²) in [6, 6.07) is 0. The molecule has 1 aliphatic rings. The van der Waals surface area contributed by atoms with Crippen molar-refractivity contribution in [1.29, 1.82) is 0 Å². The third kappa shape index (κ3) is 2.00. The Hall–Kier alpha value is -0.640. The van der Waals surface area contributed by atoms with E-state index in [1.165, 1.54) is 0 Å². The predicted molar refractivity (Wildman–Crippen MR) is 61.8 cm³/mol. The molecule has 1 aliphatic carbocycles.